The third-order valence-electron chi connectivity index (χ3n) is 2.67. The second-order valence-electron chi connectivity index (χ2n) is 5.74. The first-order chi connectivity index (χ1) is 10.4. The summed E-state index contributed by atoms with van der Waals surface area (Å²) in [5.41, 5.74) is 0.916. The molecule has 5 nitrogen and oxygen atoms in total. The van der Waals surface area contributed by atoms with E-state index in [0.717, 1.165) is 11.8 Å². The average molecular weight is 305 g/mol. The quantitative estimate of drug-likeness (QED) is 0.646. The van der Waals surface area contributed by atoms with Gasteiger partial charge in [-0.1, -0.05) is 12.2 Å². The number of ether oxygens (including phenoxy) is 2. The summed E-state index contributed by atoms with van der Waals surface area (Å²) in [5, 5.41) is 2.68. The number of nitrogens with one attached hydrogen (secondary N) is 1. The monoisotopic (exact) mass is 305 g/mol. The van der Waals surface area contributed by atoms with Gasteiger partial charge >= 0.3 is 6.09 Å². The maximum Gasteiger partial charge on any atom is 0.407 e. The molecule has 22 heavy (non-hydrogen) atoms. The maximum absolute atomic E-state index is 11.5. The zero-order valence-corrected chi connectivity index (χ0v) is 13.5. The Kier molecular flexibility index (Phi) is 6.63. The molecule has 0 aliphatic heterocycles. The highest BCUT2D eigenvalue weighted by Crippen LogP contribution is 2.20. The van der Waals surface area contributed by atoms with Gasteiger partial charge in [-0.3, -0.25) is 4.79 Å². The minimum Gasteiger partial charge on any atom is -0.496 e. The van der Waals surface area contributed by atoms with Gasteiger partial charge in [-0.2, -0.15) is 0 Å². The zero-order chi connectivity index (χ0) is 16.6. The summed E-state index contributed by atoms with van der Waals surface area (Å²) in [6.07, 6.45) is 4.78. The van der Waals surface area contributed by atoms with E-state index in [4.69, 9.17) is 9.47 Å². The molecule has 1 rings (SSSR count). The summed E-state index contributed by atoms with van der Waals surface area (Å²) >= 11 is 0. The Hall–Kier alpha value is -2.30. The average Bonchev–Trinajstić information content (AvgIpc) is 2.44. The number of alkyl carbamates (subject to hydrolysis) is 1. The third-order valence-corrected chi connectivity index (χ3v) is 2.67. The Balaban J connectivity index is 2.49. The molecule has 0 saturated heterocycles. The van der Waals surface area contributed by atoms with E-state index >= 15 is 0 Å². The van der Waals surface area contributed by atoms with Gasteiger partial charge in [-0.15, -0.1) is 0 Å². The van der Waals surface area contributed by atoms with Crippen molar-refractivity contribution in [2.75, 3.05) is 13.7 Å². The van der Waals surface area contributed by atoms with Crippen LogP contribution in [0.4, 0.5) is 4.79 Å². The molecule has 0 unspecified atom stereocenters. The molecule has 1 amide bonds. The number of rotatable bonds is 6. The van der Waals surface area contributed by atoms with E-state index in [1.54, 1.807) is 25.3 Å². The molecule has 0 aliphatic rings. The third kappa shape index (κ3) is 6.43. The van der Waals surface area contributed by atoms with Crippen LogP contribution in [0.15, 0.2) is 24.3 Å². The fraction of sp³-hybridized carbons (Fsp3) is 0.412. The first kappa shape index (κ1) is 17.8. The van der Waals surface area contributed by atoms with Gasteiger partial charge in [-0.05, 0) is 45.4 Å². The molecule has 0 radical (unpaired) electrons. The van der Waals surface area contributed by atoms with Crippen molar-refractivity contribution in [3.63, 3.8) is 0 Å². The number of aldehydes is 1. The van der Waals surface area contributed by atoms with Crippen LogP contribution in [0.5, 0.6) is 5.75 Å². The predicted octanol–water partition coefficient (Wildman–Crippen LogP) is 3.44. The highest BCUT2D eigenvalue weighted by Gasteiger charge is 2.15. The van der Waals surface area contributed by atoms with Crippen molar-refractivity contribution >= 4 is 18.5 Å². The molecule has 0 fully saturated rings. The number of amides is 1. The van der Waals surface area contributed by atoms with Crippen molar-refractivity contribution < 1.29 is 19.1 Å². The van der Waals surface area contributed by atoms with Crippen LogP contribution < -0.4 is 10.1 Å². The second kappa shape index (κ2) is 8.22. The first-order valence-electron chi connectivity index (χ1n) is 7.12. The molecule has 5 heteroatoms. The predicted molar refractivity (Wildman–Crippen MR) is 86.3 cm³/mol. The van der Waals surface area contributed by atoms with E-state index in [-0.39, 0.29) is 0 Å². The largest absolute Gasteiger partial charge is 0.496 e. The first-order valence-corrected chi connectivity index (χ1v) is 7.12. The molecule has 0 aromatic heterocycles. The van der Waals surface area contributed by atoms with E-state index in [1.807, 2.05) is 32.9 Å². The number of benzene rings is 1. The van der Waals surface area contributed by atoms with Crippen LogP contribution >= 0.6 is 0 Å². The van der Waals surface area contributed by atoms with Crippen LogP contribution in [0.1, 0.15) is 43.1 Å². The lowest BCUT2D eigenvalue weighted by atomic mass is 10.1. The molecule has 1 N–H and O–H groups in total. The number of carbonyl (C=O) groups is 2. The van der Waals surface area contributed by atoms with Crippen molar-refractivity contribution in [1.29, 1.82) is 0 Å². The van der Waals surface area contributed by atoms with E-state index in [9.17, 15) is 9.59 Å². The van der Waals surface area contributed by atoms with Gasteiger partial charge in [0, 0.05) is 17.7 Å². The van der Waals surface area contributed by atoms with Crippen LogP contribution in [-0.2, 0) is 4.74 Å². The SMILES string of the molecule is COc1ccc(C=O)cc1C=CCCNC(=O)OC(C)(C)C. The van der Waals surface area contributed by atoms with Gasteiger partial charge in [-0.25, -0.2) is 4.79 Å². The molecule has 0 saturated carbocycles. The lowest BCUT2D eigenvalue weighted by Crippen LogP contribution is -2.32. The van der Waals surface area contributed by atoms with Gasteiger partial charge in [0.15, 0.2) is 0 Å². The van der Waals surface area contributed by atoms with E-state index in [1.165, 1.54) is 0 Å². The summed E-state index contributed by atoms with van der Waals surface area (Å²) in [4.78, 5) is 22.3. The smallest absolute Gasteiger partial charge is 0.407 e. The van der Waals surface area contributed by atoms with Gasteiger partial charge in [0.25, 0.3) is 0 Å². The minimum atomic E-state index is -0.497. The Morgan fingerprint density at radius 2 is 2.05 bits per heavy atom. The summed E-state index contributed by atoms with van der Waals surface area (Å²) in [7, 11) is 1.58. The fourth-order valence-electron chi connectivity index (χ4n) is 1.74. The Bertz CT molecular complexity index is 544. The maximum atomic E-state index is 11.5. The zero-order valence-electron chi connectivity index (χ0n) is 13.5. The van der Waals surface area contributed by atoms with Crippen LogP contribution in [-0.4, -0.2) is 31.6 Å². The van der Waals surface area contributed by atoms with Crippen molar-refractivity contribution in [1.82, 2.24) is 5.32 Å². The van der Waals surface area contributed by atoms with Crippen molar-refractivity contribution in [3.05, 3.63) is 35.4 Å². The van der Waals surface area contributed by atoms with Crippen LogP contribution in [0.2, 0.25) is 0 Å². The van der Waals surface area contributed by atoms with Gasteiger partial charge in [0.2, 0.25) is 0 Å². The molecule has 0 heterocycles. The van der Waals surface area contributed by atoms with Crippen LogP contribution in [0.25, 0.3) is 6.08 Å². The normalized spacial score (nSPS) is 11.3. The number of carbonyl (C=O) groups excluding carboxylic acids is 2. The highest BCUT2D eigenvalue weighted by molar-refractivity contribution is 5.77. The molecular formula is C17H23NO4. The lowest BCUT2D eigenvalue weighted by Gasteiger charge is -2.19. The summed E-state index contributed by atoms with van der Waals surface area (Å²) in [6, 6.07) is 5.21. The lowest BCUT2D eigenvalue weighted by molar-refractivity contribution is 0.0528. The van der Waals surface area contributed by atoms with Gasteiger partial charge < -0.3 is 14.8 Å². The van der Waals surface area contributed by atoms with E-state index in [2.05, 4.69) is 5.32 Å². The highest BCUT2D eigenvalue weighted by atomic mass is 16.6. The summed E-state index contributed by atoms with van der Waals surface area (Å²) in [6.45, 7) is 5.93. The Morgan fingerprint density at radius 3 is 2.64 bits per heavy atom. The number of methoxy groups -OCH3 is 1. The standard InChI is InChI=1S/C17H23NO4/c1-17(2,3)22-16(20)18-10-6-5-7-14-11-13(12-19)8-9-15(14)21-4/h5,7-9,11-12H,6,10H2,1-4H3,(H,18,20). The molecule has 1 aromatic carbocycles. The second-order valence-corrected chi connectivity index (χ2v) is 5.74. The molecular weight excluding hydrogens is 282 g/mol. The number of hydrogen-bond acceptors (Lipinski definition) is 4. The fourth-order valence-corrected chi connectivity index (χ4v) is 1.74. The van der Waals surface area contributed by atoms with E-state index in [0.29, 0.717) is 24.3 Å². The number of hydrogen-bond donors (Lipinski definition) is 1. The molecule has 1 aromatic rings. The topological polar surface area (TPSA) is 64.6 Å². The van der Waals surface area contributed by atoms with Gasteiger partial charge in [0.1, 0.15) is 17.6 Å². The molecule has 0 spiro atoms. The molecule has 0 aliphatic carbocycles. The molecule has 0 atom stereocenters. The van der Waals surface area contributed by atoms with Crippen molar-refractivity contribution in [2.45, 2.75) is 32.8 Å². The Labute approximate surface area is 131 Å². The van der Waals surface area contributed by atoms with Crippen molar-refractivity contribution in [2.24, 2.45) is 0 Å². The summed E-state index contributed by atoms with van der Waals surface area (Å²) < 4.78 is 10.4. The van der Waals surface area contributed by atoms with E-state index < -0.39 is 11.7 Å². The van der Waals surface area contributed by atoms with Crippen molar-refractivity contribution in [3.8, 4) is 5.75 Å². The Morgan fingerprint density at radius 1 is 1.32 bits per heavy atom. The van der Waals surface area contributed by atoms with Crippen LogP contribution in [0.3, 0.4) is 0 Å². The molecule has 0 bridgehead atoms. The van der Waals surface area contributed by atoms with Crippen LogP contribution in [0, 0.1) is 0 Å². The minimum absolute atomic E-state index is 0.429. The molecule has 120 valence electrons. The summed E-state index contributed by atoms with van der Waals surface area (Å²) in [5.74, 6) is 0.696. The van der Waals surface area contributed by atoms with Gasteiger partial charge in [0.05, 0.1) is 7.11 Å².